The van der Waals surface area contributed by atoms with Gasteiger partial charge in [0.05, 0.1) is 6.54 Å². The number of benzene rings is 1. The SMILES string of the molecule is CN=C(NCCSc1ccccc1)NCc1nc(C(F)(F)F)cs1. The maximum absolute atomic E-state index is 12.5. The topological polar surface area (TPSA) is 49.3 Å². The van der Waals surface area contributed by atoms with Crippen molar-refractivity contribution in [1.29, 1.82) is 0 Å². The van der Waals surface area contributed by atoms with Crippen LogP contribution in [0.4, 0.5) is 13.2 Å². The van der Waals surface area contributed by atoms with E-state index in [-0.39, 0.29) is 6.54 Å². The Bertz CT molecular complexity index is 656. The molecule has 0 atom stereocenters. The van der Waals surface area contributed by atoms with Gasteiger partial charge in [-0.15, -0.1) is 23.1 Å². The average molecular weight is 374 g/mol. The van der Waals surface area contributed by atoms with E-state index in [0.717, 1.165) is 22.5 Å². The monoisotopic (exact) mass is 374 g/mol. The highest BCUT2D eigenvalue weighted by molar-refractivity contribution is 7.99. The van der Waals surface area contributed by atoms with Crippen molar-refractivity contribution in [2.75, 3.05) is 19.3 Å². The molecule has 0 aliphatic carbocycles. The van der Waals surface area contributed by atoms with Crippen molar-refractivity contribution in [1.82, 2.24) is 15.6 Å². The van der Waals surface area contributed by atoms with E-state index in [1.165, 1.54) is 4.90 Å². The predicted octanol–water partition coefficient (Wildman–Crippen LogP) is 3.62. The van der Waals surface area contributed by atoms with Crippen LogP contribution in [0.25, 0.3) is 0 Å². The highest BCUT2D eigenvalue weighted by Gasteiger charge is 2.33. The van der Waals surface area contributed by atoms with Gasteiger partial charge in [0.25, 0.3) is 0 Å². The zero-order valence-electron chi connectivity index (χ0n) is 12.9. The van der Waals surface area contributed by atoms with Gasteiger partial charge in [0.15, 0.2) is 11.7 Å². The number of alkyl halides is 3. The van der Waals surface area contributed by atoms with E-state index >= 15 is 0 Å². The summed E-state index contributed by atoms with van der Waals surface area (Å²) in [5, 5.41) is 7.46. The Labute approximate surface area is 146 Å². The van der Waals surface area contributed by atoms with Crippen molar-refractivity contribution < 1.29 is 13.2 Å². The van der Waals surface area contributed by atoms with Gasteiger partial charge >= 0.3 is 6.18 Å². The van der Waals surface area contributed by atoms with Gasteiger partial charge in [-0.2, -0.15) is 13.2 Å². The van der Waals surface area contributed by atoms with Crippen molar-refractivity contribution in [3.05, 3.63) is 46.4 Å². The normalized spacial score (nSPS) is 12.2. The first kappa shape index (κ1) is 18.6. The number of hydrogen-bond donors (Lipinski definition) is 2. The number of thioether (sulfide) groups is 1. The fourth-order valence-electron chi connectivity index (χ4n) is 1.76. The molecule has 9 heteroatoms. The molecule has 1 aromatic carbocycles. The molecular weight excluding hydrogens is 357 g/mol. The van der Waals surface area contributed by atoms with Gasteiger partial charge in [-0.25, -0.2) is 4.98 Å². The van der Waals surface area contributed by atoms with E-state index in [9.17, 15) is 13.2 Å². The molecule has 0 aliphatic heterocycles. The van der Waals surface area contributed by atoms with Gasteiger partial charge < -0.3 is 10.6 Å². The predicted molar refractivity (Wildman–Crippen MR) is 92.5 cm³/mol. The lowest BCUT2D eigenvalue weighted by atomic mass is 10.4. The van der Waals surface area contributed by atoms with E-state index < -0.39 is 11.9 Å². The molecule has 0 fully saturated rings. The molecule has 130 valence electrons. The third-order valence-electron chi connectivity index (χ3n) is 2.88. The number of hydrogen-bond acceptors (Lipinski definition) is 4. The minimum atomic E-state index is -4.40. The lowest BCUT2D eigenvalue weighted by Crippen LogP contribution is -2.37. The van der Waals surface area contributed by atoms with Crippen molar-refractivity contribution in [2.24, 2.45) is 4.99 Å². The van der Waals surface area contributed by atoms with Crippen molar-refractivity contribution in [3.63, 3.8) is 0 Å². The van der Waals surface area contributed by atoms with Crippen LogP contribution < -0.4 is 10.6 Å². The molecule has 0 aliphatic rings. The molecule has 0 spiro atoms. The zero-order chi connectivity index (χ0) is 17.4. The van der Waals surface area contributed by atoms with Crippen LogP contribution in [0, 0.1) is 0 Å². The molecule has 0 unspecified atom stereocenters. The van der Waals surface area contributed by atoms with Gasteiger partial charge in [-0.1, -0.05) is 18.2 Å². The molecule has 0 saturated carbocycles. The summed E-state index contributed by atoms with van der Waals surface area (Å²) in [6.07, 6.45) is -4.40. The van der Waals surface area contributed by atoms with Crippen LogP contribution in [0.2, 0.25) is 0 Å². The van der Waals surface area contributed by atoms with Gasteiger partial charge in [0, 0.05) is 29.6 Å². The molecule has 1 aromatic heterocycles. The number of rotatable bonds is 6. The highest BCUT2D eigenvalue weighted by Crippen LogP contribution is 2.29. The number of nitrogens with zero attached hydrogens (tertiary/aromatic N) is 2. The zero-order valence-corrected chi connectivity index (χ0v) is 14.6. The number of aliphatic imine (C=N–C) groups is 1. The van der Waals surface area contributed by atoms with Crippen LogP contribution in [-0.4, -0.2) is 30.3 Å². The Morgan fingerprint density at radius 2 is 2.00 bits per heavy atom. The number of guanidine groups is 1. The molecule has 2 rings (SSSR count). The van der Waals surface area contributed by atoms with E-state index in [1.807, 2.05) is 30.3 Å². The Hall–Kier alpha value is -1.74. The van der Waals surface area contributed by atoms with E-state index in [2.05, 4.69) is 20.6 Å². The Morgan fingerprint density at radius 1 is 1.25 bits per heavy atom. The molecule has 4 nitrogen and oxygen atoms in total. The summed E-state index contributed by atoms with van der Waals surface area (Å²) in [5.74, 6) is 1.38. The fourth-order valence-corrected chi connectivity index (χ4v) is 3.29. The van der Waals surface area contributed by atoms with Crippen molar-refractivity contribution >= 4 is 29.1 Å². The van der Waals surface area contributed by atoms with Crippen LogP contribution in [0.1, 0.15) is 10.7 Å². The summed E-state index contributed by atoms with van der Waals surface area (Å²) in [6, 6.07) is 10.0. The van der Waals surface area contributed by atoms with E-state index in [4.69, 9.17) is 0 Å². The van der Waals surface area contributed by atoms with Crippen LogP contribution >= 0.6 is 23.1 Å². The second-order valence-corrected chi connectivity index (χ2v) is 6.75. The number of aromatic nitrogens is 1. The lowest BCUT2D eigenvalue weighted by Gasteiger charge is -2.10. The average Bonchev–Trinajstić information content (AvgIpc) is 3.04. The summed E-state index contributed by atoms with van der Waals surface area (Å²) in [4.78, 5) is 8.80. The van der Waals surface area contributed by atoms with Gasteiger partial charge in [-0.05, 0) is 12.1 Å². The molecular formula is C15H17F3N4S2. The summed E-state index contributed by atoms with van der Waals surface area (Å²) in [7, 11) is 1.61. The molecule has 0 saturated heterocycles. The maximum Gasteiger partial charge on any atom is 0.434 e. The fraction of sp³-hybridized carbons (Fsp3) is 0.333. The summed E-state index contributed by atoms with van der Waals surface area (Å²) < 4.78 is 37.5. The van der Waals surface area contributed by atoms with Crippen LogP contribution in [0.15, 0.2) is 45.6 Å². The first-order chi connectivity index (χ1) is 11.5. The smallest absolute Gasteiger partial charge is 0.356 e. The minimum Gasteiger partial charge on any atom is -0.356 e. The van der Waals surface area contributed by atoms with Crippen LogP contribution in [-0.2, 0) is 12.7 Å². The number of halogens is 3. The summed E-state index contributed by atoms with van der Waals surface area (Å²) in [5.41, 5.74) is -0.855. The molecule has 2 N–H and O–H groups in total. The molecule has 0 radical (unpaired) electrons. The van der Waals surface area contributed by atoms with Crippen LogP contribution in [0.5, 0.6) is 0 Å². The Morgan fingerprint density at radius 3 is 2.62 bits per heavy atom. The summed E-state index contributed by atoms with van der Waals surface area (Å²) >= 11 is 2.69. The maximum atomic E-state index is 12.5. The lowest BCUT2D eigenvalue weighted by molar-refractivity contribution is -0.140. The quantitative estimate of drug-likeness (QED) is 0.351. The molecule has 0 bridgehead atoms. The molecule has 0 amide bonds. The largest absolute Gasteiger partial charge is 0.434 e. The van der Waals surface area contributed by atoms with Gasteiger partial charge in [0.1, 0.15) is 5.01 Å². The van der Waals surface area contributed by atoms with Gasteiger partial charge in [0.2, 0.25) is 0 Å². The van der Waals surface area contributed by atoms with Crippen molar-refractivity contribution in [2.45, 2.75) is 17.6 Å². The van der Waals surface area contributed by atoms with Gasteiger partial charge in [-0.3, -0.25) is 4.99 Å². The van der Waals surface area contributed by atoms with E-state index in [1.54, 1.807) is 18.8 Å². The summed E-state index contributed by atoms with van der Waals surface area (Å²) in [6.45, 7) is 0.886. The molecule has 24 heavy (non-hydrogen) atoms. The Balaban J connectivity index is 1.71. The number of thiazole rings is 1. The minimum absolute atomic E-state index is 0.201. The third kappa shape index (κ3) is 6.04. The van der Waals surface area contributed by atoms with Crippen LogP contribution in [0.3, 0.4) is 0 Å². The second-order valence-electron chi connectivity index (χ2n) is 4.64. The first-order valence-electron chi connectivity index (χ1n) is 7.13. The van der Waals surface area contributed by atoms with Crippen molar-refractivity contribution in [3.8, 4) is 0 Å². The second kappa shape index (κ2) is 8.93. The number of nitrogens with one attached hydrogen (secondary N) is 2. The van der Waals surface area contributed by atoms with E-state index in [0.29, 0.717) is 17.5 Å². The third-order valence-corrected chi connectivity index (χ3v) is 4.74. The highest BCUT2D eigenvalue weighted by atomic mass is 32.2. The Kier molecular flexibility index (Phi) is 6.92. The molecule has 1 heterocycles. The standard InChI is InChI=1S/C15H17F3N4S2/c1-19-14(20-7-8-23-11-5-3-2-4-6-11)21-9-13-22-12(10-24-13)15(16,17)18/h2-6,10H,7-9H2,1H3,(H2,19,20,21). The first-order valence-corrected chi connectivity index (χ1v) is 8.99. The molecule has 2 aromatic rings.